The number of hydrogen-bond acceptors (Lipinski definition) is 2. The minimum Gasteiger partial charge on any atom is -0.369 e. The Kier molecular flexibility index (Phi) is 5.15. The van der Waals surface area contributed by atoms with E-state index in [0.29, 0.717) is 0 Å². The van der Waals surface area contributed by atoms with E-state index in [1.165, 1.54) is 16.8 Å². The molecule has 0 spiro atoms. The monoisotopic (exact) mass is 348 g/mol. The lowest BCUT2D eigenvalue weighted by Crippen LogP contribution is -2.46. The summed E-state index contributed by atoms with van der Waals surface area (Å²) in [4.78, 5) is 4.90. The molecule has 0 aliphatic carbocycles. The highest BCUT2D eigenvalue weighted by molar-refractivity contribution is 6.35. The fourth-order valence-corrected chi connectivity index (χ4v) is 3.63. The average Bonchev–Trinajstić information content (AvgIpc) is 2.54. The van der Waals surface area contributed by atoms with Gasteiger partial charge in [-0.15, -0.1) is 0 Å². The molecule has 0 N–H and O–H groups in total. The molecule has 0 bridgehead atoms. The van der Waals surface area contributed by atoms with Gasteiger partial charge in [-0.05, 0) is 43.2 Å². The Morgan fingerprint density at radius 3 is 2.22 bits per heavy atom. The number of halogens is 2. The number of rotatable bonds is 3. The SMILES string of the molecule is Cc1ccc(C)c(N2CCN(Cc3c(Cl)cccc3Cl)CC2)c1. The molecule has 2 aromatic carbocycles. The van der Waals surface area contributed by atoms with Crippen LogP contribution in [0.15, 0.2) is 36.4 Å². The lowest BCUT2D eigenvalue weighted by Gasteiger charge is -2.37. The van der Waals surface area contributed by atoms with Crippen LogP contribution in [0, 0.1) is 13.8 Å². The maximum Gasteiger partial charge on any atom is 0.0465 e. The van der Waals surface area contributed by atoms with E-state index in [2.05, 4.69) is 41.8 Å². The van der Waals surface area contributed by atoms with Crippen LogP contribution in [0.4, 0.5) is 5.69 Å². The van der Waals surface area contributed by atoms with Gasteiger partial charge in [-0.3, -0.25) is 4.90 Å². The summed E-state index contributed by atoms with van der Waals surface area (Å²) in [5.74, 6) is 0. The van der Waals surface area contributed by atoms with Crippen LogP contribution in [0.25, 0.3) is 0 Å². The van der Waals surface area contributed by atoms with Gasteiger partial charge in [0, 0.05) is 54.0 Å². The van der Waals surface area contributed by atoms with E-state index in [1.807, 2.05) is 18.2 Å². The molecule has 0 amide bonds. The zero-order valence-electron chi connectivity index (χ0n) is 13.6. The van der Waals surface area contributed by atoms with Gasteiger partial charge in [0.1, 0.15) is 0 Å². The molecular formula is C19H22Cl2N2. The van der Waals surface area contributed by atoms with E-state index in [1.54, 1.807) is 0 Å². The van der Waals surface area contributed by atoms with Crippen molar-refractivity contribution >= 4 is 28.9 Å². The average molecular weight is 349 g/mol. The molecule has 4 heteroatoms. The van der Waals surface area contributed by atoms with Crippen LogP contribution >= 0.6 is 23.2 Å². The Balaban J connectivity index is 1.66. The molecule has 1 aliphatic rings. The molecule has 1 aliphatic heterocycles. The van der Waals surface area contributed by atoms with E-state index >= 15 is 0 Å². The predicted octanol–water partition coefficient (Wildman–Crippen LogP) is 4.93. The van der Waals surface area contributed by atoms with Crippen LogP contribution in [0.3, 0.4) is 0 Å². The lowest BCUT2D eigenvalue weighted by molar-refractivity contribution is 0.250. The number of hydrogen-bond donors (Lipinski definition) is 0. The maximum absolute atomic E-state index is 6.29. The summed E-state index contributed by atoms with van der Waals surface area (Å²) >= 11 is 12.6. The number of piperazine rings is 1. The van der Waals surface area contributed by atoms with Crippen molar-refractivity contribution < 1.29 is 0 Å². The second kappa shape index (κ2) is 7.12. The molecule has 0 atom stereocenters. The normalized spacial score (nSPS) is 15.9. The summed E-state index contributed by atoms with van der Waals surface area (Å²) in [5.41, 5.74) is 5.06. The summed E-state index contributed by atoms with van der Waals surface area (Å²) in [6.45, 7) is 9.27. The second-order valence-electron chi connectivity index (χ2n) is 6.25. The number of aryl methyl sites for hydroxylation is 2. The van der Waals surface area contributed by atoms with Crippen LogP contribution in [-0.4, -0.2) is 31.1 Å². The van der Waals surface area contributed by atoms with E-state index in [-0.39, 0.29) is 0 Å². The van der Waals surface area contributed by atoms with Gasteiger partial charge in [0.25, 0.3) is 0 Å². The van der Waals surface area contributed by atoms with Gasteiger partial charge in [-0.25, -0.2) is 0 Å². The van der Waals surface area contributed by atoms with Crippen molar-refractivity contribution in [2.45, 2.75) is 20.4 Å². The van der Waals surface area contributed by atoms with Crippen molar-refractivity contribution in [3.05, 3.63) is 63.1 Å². The molecule has 0 unspecified atom stereocenters. The molecular weight excluding hydrogens is 327 g/mol. The van der Waals surface area contributed by atoms with Gasteiger partial charge >= 0.3 is 0 Å². The first-order valence-electron chi connectivity index (χ1n) is 8.02. The van der Waals surface area contributed by atoms with Crippen molar-refractivity contribution in [3.63, 3.8) is 0 Å². The first-order valence-corrected chi connectivity index (χ1v) is 8.77. The third-order valence-electron chi connectivity index (χ3n) is 4.52. The largest absolute Gasteiger partial charge is 0.369 e. The number of anilines is 1. The molecule has 0 saturated carbocycles. The van der Waals surface area contributed by atoms with Crippen LogP contribution in [0.5, 0.6) is 0 Å². The highest BCUT2D eigenvalue weighted by Gasteiger charge is 2.20. The quantitative estimate of drug-likeness (QED) is 0.775. The van der Waals surface area contributed by atoms with Crippen molar-refractivity contribution in [1.82, 2.24) is 4.90 Å². The zero-order valence-corrected chi connectivity index (χ0v) is 15.2. The van der Waals surface area contributed by atoms with Gasteiger partial charge in [0.2, 0.25) is 0 Å². The van der Waals surface area contributed by atoms with Crippen LogP contribution in [0.2, 0.25) is 10.0 Å². The molecule has 1 saturated heterocycles. The zero-order chi connectivity index (χ0) is 16.4. The van der Waals surface area contributed by atoms with E-state index in [0.717, 1.165) is 48.3 Å². The van der Waals surface area contributed by atoms with E-state index in [4.69, 9.17) is 23.2 Å². The van der Waals surface area contributed by atoms with Gasteiger partial charge in [0.15, 0.2) is 0 Å². The highest BCUT2D eigenvalue weighted by atomic mass is 35.5. The fraction of sp³-hybridized carbons (Fsp3) is 0.368. The molecule has 122 valence electrons. The molecule has 2 nitrogen and oxygen atoms in total. The first-order chi connectivity index (χ1) is 11.0. The van der Waals surface area contributed by atoms with Crippen LogP contribution in [0.1, 0.15) is 16.7 Å². The van der Waals surface area contributed by atoms with Crippen molar-refractivity contribution in [2.24, 2.45) is 0 Å². The Morgan fingerprint density at radius 2 is 1.57 bits per heavy atom. The van der Waals surface area contributed by atoms with Gasteiger partial charge in [-0.2, -0.15) is 0 Å². The minimum atomic E-state index is 0.759. The fourth-order valence-electron chi connectivity index (χ4n) is 3.11. The smallest absolute Gasteiger partial charge is 0.0465 e. The summed E-state index contributed by atoms with van der Waals surface area (Å²) < 4.78 is 0. The molecule has 3 rings (SSSR count). The van der Waals surface area contributed by atoms with Crippen molar-refractivity contribution in [3.8, 4) is 0 Å². The van der Waals surface area contributed by atoms with Crippen LogP contribution in [-0.2, 0) is 6.54 Å². The maximum atomic E-state index is 6.29. The summed E-state index contributed by atoms with van der Waals surface area (Å²) in [6.07, 6.45) is 0. The molecule has 2 aromatic rings. The molecule has 0 aromatic heterocycles. The molecule has 1 heterocycles. The standard InChI is InChI=1S/C19H22Cl2N2/c1-14-6-7-15(2)19(12-14)23-10-8-22(9-11-23)13-16-17(20)4-3-5-18(16)21/h3-7,12H,8-11,13H2,1-2H3. The van der Waals surface area contributed by atoms with Crippen molar-refractivity contribution in [2.75, 3.05) is 31.1 Å². The second-order valence-corrected chi connectivity index (χ2v) is 7.07. The molecule has 23 heavy (non-hydrogen) atoms. The summed E-state index contributed by atoms with van der Waals surface area (Å²) in [6, 6.07) is 12.4. The van der Waals surface area contributed by atoms with Gasteiger partial charge < -0.3 is 4.90 Å². The Labute approximate surface area is 148 Å². The van der Waals surface area contributed by atoms with Crippen LogP contribution < -0.4 is 4.90 Å². The lowest BCUT2D eigenvalue weighted by atomic mass is 10.1. The van der Waals surface area contributed by atoms with Gasteiger partial charge in [-0.1, -0.05) is 41.4 Å². The predicted molar refractivity (Wildman–Crippen MR) is 99.9 cm³/mol. The summed E-state index contributed by atoms with van der Waals surface area (Å²) in [5, 5.41) is 1.52. The molecule has 0 radical (unpaired) electrons. The van der Waals surface area contributed by atoms with E-state index < -0.39 is 0 Å². The Morgan fingerprint density at radius 1 is 0.913 bits per heavy atom. The highest BCUT2D eigenvalue weighted by Crippen LogP contribution is 2.27. The minimum absolute atomic E-state index is 0.759. The Hall–Kier alpha value is -1.22. The summed E-state index contributed by atoms with van der Waals surface area (Å²) in [7, 11) is 0. The van der Waals surface area contributed by atoms with Gasteiger partial charge in [0.05, 0.1) is 0 Å². The van der Waals surface area contributed by atoms with Crippen molar-refractivity contribution in [1.29, 1.82) is 0 Å². The first kappa shape index (κ1) is 16.6. The number of benzene rings is 2. The Bertz CT molecular complexity index is 672. The third-order valence-corrected chi connectivity index (χ3v) is 5.23. The number of nitrogens with zero attached hydrogens (tertiary/aromatic N) is 2. The molecule has 1 fully saturated rings. The third kappa shape index (κ3) is 3.82. The topological polar surface area (TPSA) is 6.48 Å². The van der Waals surface area contributed by atoms with E-state index in [9.17, 15) is 0 Å².